The summed E-state index contributed by atoms with van der Waals surface area (Å²) in [5.41, 5.74) is 9.09. The second kappa shape index (κ2) is 7.32. The molecule has 2 aliphatic rings. The van der Waals surface area contributed by atoms with Crippen molar-refractivity contribution in [2.45, 2.75) is 39.7 Å². The van der Waals surface area contributed by atoms with E-state index < -0.39 is 0 Å². The lowest BCUT2D eigenvalue weighted by Gasteiger charge is -2.38. The van der Waals surface area contributed by atoms with Crippen molar-refractivity contribution in [2.75, 3.05) is 0 Å². The van der Waals surface area contributed by atoms with Crippen molar-refractivity contribution in [3.8, 4) is 0 Å². The fourth-order valence-corrected chi connectivity index (χ4v) is 4.28. The molecule has 4 rings (SSSR count). The number of thiocarbonyl (C=S) groups is 1. The topological polar surface area (TPSA) is 24.1 Å². The molecule has 0 saturated heterocycles. The first-order valence-electron chi connectivity index (χ1n) is 9.64. The molecule has 1 aliphatic carbocycles. The summed E-state index contributed by atoms with van der Waals surface area (Å²) in [7, 11) is 0. The van der Waals surface area contributed by atoms with Crippen LogP contribution in [0.5, 0.6) is 0 Å². The van der Waals surface area contributed by atoms with E-state index in [0.717, 1.165) is 12.8 Å². The molecule has 1 aliphatic heterocycles. The van der Waals surface area contributed by atoms with E-state index in [1.165, 1.54) is 39.1 Å². The van der Waals surface area contributed by atoms with Gasteiger partial charge < -0.3 is 10.6 Å². The van der Waals surface area contributed by atoms with Crippen LogP contribution in [0.2, 0.25) is 0 Å². The van der Waals surface area contributed by atoms with E-state index in [1.807, 2.05) is 0 Å². The maximum Gasteiger partial charge on any atom is 0.171 e. The van der Waals surface area contributed by atoms with Crippen molar-refractivity contribution in [1.82, 2.24) is 10.6 Å². The summed E-state index contributed by atoms with van der Waals surface area (Å²) >= 11 is 5.56. The van der Waals surface area contributed by atoms with Crippen molar-refractivity contribution in [3.63, 3.8) is 0 Å². The highest BCUT2D eigenvalue weighted by Gasteiger charge is 2.32. The molecule has 3 heteroatoms. The molecule has 0 amide bonds. The van der Waals surface area contributed by atoms with Gasteiger partial charge in [-0.15, -0.1) is 0 Å². The minimum Gasteiger partial charge on any atom is -0.352 e. The van der Waals surface area contributed by atoms with Crippen molar-refractivity contribution < 1.29 is 0 Å². The van der Waals surface area contributed by atoms with Crippen molar-refractivity contribution in [3.05, 3.63) is 87.6 Å². The Morgan fingerprint density at radius 1 is 0.926 bits per heavy atom. The van der Waals surface area contributed by atoms with Gasteiger partial charge in [-0.05, 0) is 73.2 Å². The lowest BCUT2D eigenvalue weighted by atomic mass is 9.78. The SMILES string of the molecule is Cc1ccc(/C=C2\C[C@@H](C)CC3=C2NC(=S)N[C@@H]3c2ccc(C)cc2)cc1. The molecule has 0 radical (unpaired) electrons. The summed E-state index contributed by atoms with van der Waals surface area (Å²) in [4.78, 5) is 0. The zero-order valence-electron chi connectivity index (χ0n) is 16.2. The van der Waals surface area contributed by atoms with Gasteiger partial charge in [0.25, 0.3) is 0 Å². The van der Waals surface area contributed by atoms with Crippen molar-refractivity contribution in [2.24, 2.45) is 5.92 Å². The Labute approximate surface area is 167 Å². The second-order valence-electron chi connectivity index (χ2n) is 7.94. The molecule has 0 fully saturated rings. The van der Waals surface area contributed by atoms with Gasteiger partial charge in [-0.1, -0.05) is 66.6 Å². The third-order valence-electron chi connectivity index (χ3n) is 5.47. The number of allylic oxidation sites excluding steroid dienone is 1. The highest BCUT2D eigenvalue weighted by Crippen LogP contribution is 2.41. The van der Waals surface area contributed by atoms with E-state index >= 15 is 0 Å². The summed E-state index contributed by atoms with van der Waals surface area (Å²) in [6.07, 6.45) is 4.47. The van der Waals surface area contributed by atoms with Crippen LogP contribution >= 0.6 is 12.2 Å². The Balaban J connectivity index is 1.78. The van der Waals surface area contributed by atoms with Gasteiger partial charge in [-0.2, -0.15) is 0 Å². The van der Waals surface area contributed by atoms with Gasteiger partial charge in [-0.25, -0.2) is 0 Å². The number of aryl methyl sites for hydroxylation is 2. The summed E-state index contributed by atoms with van der Waals surface area (Å²) in [6.45, 7) is 6.59. The zero-order valence-corrected chi connectivity index (χ0v) is 17.0. The summed E-state index contributed by atoms with van der Waals surface area (Å²) in [5, 5.41) is 7.67. The number of benzene rings is 2. The van der Waals surface area contributed by atoms with Gasteiger partial charge in [-0.3, -0.25) is 0 Å². The average Bonchev–Trinajstić information content (AvgIpc) is 2.64. The lowest BCUT2D eigenvalue weighted by molar-refractivity contribution is 0.500. The van der Waals surface area contributed by atoms with Crippen LogP contribution in [-0.4, -0.2) is 5.11 Å². The molecular weight excluding hydrogens is 348 g/mol. The largest absolute Gasteiger partial charge is 0.352 e. The monoisotopic (exact) mass is 374 g/mol. The molecule has 0 saturated carbocycles. The van der Waals surface area contributed by atoms with Crippen LogP contribution in [0.3, 0.4) is 0 Å². The first-order chi connectivity index (χ1) is 13.0. The Bertz CT molecular complexity index is 920. The van der Waals surface area contributed by atoms with Crippen LogP contribution in [0.1, 0.15) is 48.1 Å². The first kappa shape index (κ1) is 18.0. The van der Waals surface area contributed by atoms with Crippen LogP contribution in [0.4, 0.5) is 0 Å². The van der Waals surface area contributed by atoms with E-state index in [4.69, 9.17) is 12.2 Å². The molecule has 0 bridgehead atoms. The van der Waals surface area contributed by atoms with Crippen LogP contribution in [0.15, 0.2) is 65.4 Å². The van der Waals surface area contributed by atoms with Crippen LogP contribution < -0.4 is 10.6 Å². The van der Waals surface area contributed by atoms with Crippen LogP contribution in [0.25, 0.3) is 6.08 Å². The lowest BCUT2D eigenvalue weighted by Crippen LogP contribution is -2.45. The van der Waals surface area contributed by atoms with E-state index in [0.29, 0.717) is 11.0 Å². The minimum atomic E-state index is 0.151. The Kier molecular flexibility index (Phi) is 4.88. The number of rotatable bonds is 2. The van der Waals surface area contributed by atoms with Gasteiger partial charge in [0.05, 0.1) is 6.04 Å². The molecule has 2 nitrogen and oxygen atoms in total. The normalized spacial score (nSPS) is 23.7. The van der Waals surface area contributed by atoms with Crippen molar-refractivity contribution in [1.29, 1.82) is 0 Å². The quantitative estimate of drug-likeness (QED) is 0.670. The molecule has 138 valence electrons. The molecular formula is C24H26N2S. The molecule has 0 unspecified atom stereocenters. The maximum atomic E-state index is 5.56. The molecule has 0 aromatic heterocycles. The van der Waals surface area contributed by atoms with E-state index in [1.54, 1.807) is 0 Å². The Morgan fingerprint density at radius 2 is 1.56 bits per heavy atom. The molecule has 2 atom stereocenters. The number of nitrogens with one attached hydrogen (secondary N) is 2. The van der Waals surface area contributed by atoms with Gasteiger partial charge in [0.15, 0.2) is 5.11 Å². The smallest absolute Gasteiger partial charge is 0.171 e. The van der Waals surface area contributed by atoms with E-state index in [9.17, 15) is 0 Å². The molecule has 0 spiro atoms. The predicted molar refractivity (Wildman–Crippen MR) is 117 cm³/mol. The first-order valence-corrected chi connectivity index (χ1v) is 10.0. The van der Waals surface area contributed by atoms with E-state index in [2.05, 4.69) is 86.0 Å². The fraction of sp³-hybridized carbons (Fsp3) is 0.292. The third-order valence-corrected chi connectivity index (χ3v) is 5.69. The number of hydrogen-bond acceptors (Lipinski definition) is 1. The second-order valence-corrected chi connectivity index (χ2v) is 8.34. The Morgan fingerprint density at radius 3 is 2.22 bits per heavy atom. The van der Waals surface area contributed by atoms with Gasteiger partial charge >= 0.3 is 0 Å². The molecule has 2 N–H and O–H groups in total. The van der Waals surface area contributed by atoms with Crippen LogP contribution in [0, 0.1) is 19.8 Å². The fourth-order valence-electron chi connectivity index (χ4n) is 4.06. The van der Waals surface area contributed by atoms with Crippen molar-refractivity contribution >= 4 is 23.4 Å². The van der Waals surface area contributed by atoms with Gasteiger partial charge in [0.2, 0.25) is 0 Å². The van der Waals surface area contributed by atoms with Gasteiger partial charge in [0.1, 0.15) is 0 Å². The average molecular weight is 375 g/mol. The maximum absolute atomic E-state index is 5.56. The highest BCUT2D eigenvalue weighted by atomic mass is 32.1. The molecule has 2 aromatic rings. The Hall–Kier alpha value is -2.39. The van der Waals surface area contributed by atoms with E-state index in [-0.39, 0.29) is 6.04 Å². The molecule has 27 heavy (non-hydrogen) atoms. The zero-order chi connectivity index (χ0) is 19.0. The van der Waals surface area contributed by atoms with Crippen LogP contribution in [-0.2, 0) is 0 Å². The number of hydrogen-bond donors (Lipinski definition) is 2. The summed E-state index contributed by atoms with van der Waals surface area (Å²) in [5.74, 6) is 0.615. The highest BCUT2D eigenvalue weighted by molar-refractivity contribution is 7.80. The standard InChI is InChI=1S/C24H26N2S/c1-15-4-8-18(9-5-15)14-20-12-17(3)13-21-22(25-24(27)26-23(20)21)19-10-6-16(2)7-11-19/h4-11,14,17,22H,12-13H2,1-3H3,(H2,25,26,27)/b20-14+/t17-,22-/m1/s1. The van der Waals surface area contributed by atoms with Gasteiger partial charge in [0, 0.05) is 5.70 Å². The molecule has 2 aromatic carbocycles. The third kappa shape index (κ3) is 3.84. The summed E-state index contributed by atoms with van der Waals surface area (Å²) in [6, 6.07) is 17.7. The predicted octanol–water partition coefficient (Wildman–Crippen LogP) is 5.59. The minimum absolute atomic E-state index is 0.151. The summed E-state index contributed by atoms with van der Waals surface area (Å²) < 4.78 is 0. The molecule has 1 heterocycles.